The van der Waals surface area contributed by atoms with Crippen molar-refractivity contribution in [2.45, 2.75) is 52.1 Å². The molecule has 0 N–H and O–H groups in total. The number of nitrogens with zero attached hydrogens (tertiary/aromatic N) is 1. The molecule has 0 aliphatic carbocycles. The summed E-state index contributed by atoms with van der Waals surface area (Å²) in [6, 6.07) is 16.6. The van der Waals surface area contributed by atoms with Gasteiger partial charge in [-0.05, 0) is 49.4 Å². The van der Waals surface area contributed by atoms with Crippen molar-refractivity contribution in [3.05, 3.63) is 65.2 Å². The van der Waals surface area contributed by atoms with Gasteiger partial charge >= 0.3 is 0 Å². The molecule has 3 rings (SSSR count). The van der Waals surface area contributed by atoms with Crippen LogP contribution in [0.3, 0.4) is 0 Å². The van der Waals surface area contributed by atoms with Crippen LogP contribution in [0, 0.1) is 13.8 Å². The molecule has 29 heavy (non-hydrogen) atoms. The van der Waals surface area contributed by atoms with Gasteiger partial charge in [0, 0.05) is 39.0 Å². The van der Waals surface area contributed by atoms with Gasteiger partial charge < -0.3 is 14.4 Å². The van der Waals surface area contributed by atoms with Crippen molar-refractivity contribution in [1.29, 1.82) is 0 Å². The zero-order chi connectivity index (χ0) is 20.5. The normalized spacial score (nSPS) is 14.8. The molecule has 0 radical (unpaired) electrons. The third kappa shape index (κ3) is 6.90. The highest BCUT2D eigenvalue weighted by atomic mass is 16.5. The van der Waals surface area contributed by atoms with Crippen LogP contribution >= 0.6 is 0 Å². The molecule has 1 aliphatic rings. The molecule has 4 heteroatoms. The lowest BCUT2D eigenvalue weighted by molar-refractivity contribution is -0.133. The Labute approximate surface area is 174 Å². The van der Waals surface area contributed by atoms with Gasteiger partial charge in [0.2, 0.25) is 5.91 Å². The summed E-state index contributed by atoms with van der Waals surface area (Å²) in [7, 11) is 0. The minimum atomic E-state index is 0.195. The van der Waals surface area contributed by atoms with Crippen LogP contribution in [-0.4, -0.2) is 43.2 Å². The van der Waals surface area contributed by atoms with E-state index in [9.17, 15) is 4.79 Å². The average molecular weight is 396 g/mol. The Bertz CT molecular complexity index is 767. The number of amides is 1. The predicted octanol–water partition coefficient (Wildman–Crippen LogP) is 4.71. The molecule has 1 aliphatic heterocycles. The van der Waals surface area contributed by atoms with Gasteiger partial charge in [-0.3, -0.25) is 4.79 Å². The van der Waals surface area contributed by atoms with Crippen molar-refractivity contribution in [2.75, 3.05) is 26.3 Å². The third-order valence-electron chi connectivity index (χ3n) is 5.49. The molecule has 1 amide bonds. The summed E-state index contributed by atoms with van der Waals surface area (Å²) in [5.41, 5.74) is 3.67. The number of hydrogen-bond donors (Lipinski definition) is 0. The SMILES string of the molecule is Cc1ccc(C)c(OC2CCN(C(=O)CCCOCCc3ccccc3)CC2)c1. The Morgan fingerprint density at radius 1 is 1.03 bits per heavy atom. The molecule has 0 unspecified atom stereocenters. The largest absolute Gasteiger partial charge is 0.490 e. The van der Waals surface area contributed by atoms with E-state index in [-0.39, 0.29) is 12.0 Å². The number of ether oxygens (including phenoxy) is 2. The van der Waals surface area contributed by atoms with Crippen molar-refractivity contribution >= 4 is 5.91 Å². The number of rotatable bonds is 9. The lowest BCUT2D eigenvalue weighted by Gasteiger charge is -2.32. The van der Waals surface area contributed by atoms with E-state index < -0.39 is 0 Å². The summed E-state index contributed by atoms with van der Waals surface area (Å²) in [6.07, 6.45) is 4.25. The van der Waals surface area contributed by atoms with E-state index in [1.165, 1.54) is 16.7 Å². The first-order chi connectivity index (χ1) is 14.1. The summed E-state index contributed by atoms with van der Waals surface area (Å²) >= 11 is 0. The zero-order valence-electron chi connectivity index (χ0n) is 17.7. The number of carbonyl (C=O) groups is 1. The first-order valence-corrected chi connectivity index (χ1v) is 10.7. The van der Waals surface area contributed by atoms with Crippen LogP contribution in [0.15, 0.2) is 48.5 Å². The summed E-state index contributed by atoms with van der Waals surface area (Å²) in [6.45, 7) is 7.07. The summed E-state index contributed by atoms with van der Waals surface area (Å²) in [4.78, 5) is 14.4. The molecule has 1 heterocycles. The minimum Gasteiger partial charge on any atom is -0.490 e. The maximum atomic E-state index is 12.4. The van der Waals surface area contributed by atoms with Gasteiger partial charge in [0.05, 0.1) is 6.61 Å². The van der Waals surface area contributed by atoms with E-state index in [0.717, 1.165) is 44.5 Å². The smallest absolute Gasteiger partial charge is 0.222 e. The van der Waals surface area contributed by atoms with Crippen LogP contribution in [0.4, 0.5) is 0 Å². The zero-order valence-corrected chi connectivity index (χ0v) is 17.7. The molecular formula is C25H33NO3. The highest BCUT2D eigenvalue weighted by molar-refractivity contribution is 5.76. The van der Waals surface area contributed by atoms with Crippen molar-refractivity contribution in [3.63, 3.8) is 0 Å². The summed E-state index contributed by atoms with van der Waals surface area (Å²) in [5, 5.41) is 0. The fourth-order valence-corrected chi connectivity index (χ4v) is 3.66. The van der Waals surface area contributed by atoms with Crippen LogP contribution in [0.5, 0.6) is 5.75 Å². The van der Waals surface area contributed by atoms with Gasteiger partial charge in [0.25, 0.3) is 0 Å². The highest BCUT2D eigenvalue weighted by Gasteiger charge is 2.24. The molecule has 4 nitrogen and oxygen atoms in total. The van der Waals surface area contributed by atoms with Gasteiger partial charge in [-0.15, -0.1) is 0 Å². The van der Waals surface area contributed by atoms with Crippen molar-refractivity contribution < 1.29 is 14.3 Å². The fourth-order valence-electron chi connectivity index (χ4n) is 3.66. The highest BCUT2D eigenvalue weighted by Crippen LogP contribution is 2.24. The van der Waals surface area contributed by atoms with Crippen molar-refractivity contribution in [1.82, 2.24) is 4.90 Å². The van der Waals surface area contributed by atoms with Crippen molar-refractivity contribution in [3.8, 4) is 5.75 Å². The van der Waals surface area contributed by atoms with Crippen LogP contribution < -0.4 is 4.74 Å². The van der Waals surface area contributed by atoms with Gasteiger partial charge in [-0.2, -0.15) is 0 Å². The second-order valence-corrected chi connectivity index (χ2v) is 7.92. The van der Waals surface area contributed by atoms with Gasteiger partial charge in [-0.1, -0.05) is 42.5 Å². The van der Waals surface area contributed by atoms with Crippen LogP contribution in [-0.2, 0) is 16.0 Å². The molecule has 156 valence electrons. The molecule has 0 atom stereocenters. The summed E-state index contributed by atoms with van der Waals surface area (Å²) < 4.78 is 11.9. The summed E-state index contributed by atoms with van der Waals surface area (Å²) in [5.74, 6) is 1.21. The molecule has 1 fully saturated rings. The van der Waals surface area contributed by atoms with Crippen LogP contribution in [0.25, 0.3) is 0 Å². The number of piperidine rings is 1. The second kappa shape index (κ2) is 11.0. The monoisotopic (exact) mass is 395 g/mol. The van der Waals surface area contributed by atoms with E-state index in [1.54, 1.807) is 0 Å². The minimum absolute atomic E-state index is 0.195. The fraction of sp³-hybridized carbons (Fsp3) is 0.480. The molecule has 2 aromatic carbocycles. The Morgan fingerprint density at radius 3 is 2.55 bits per heavy atom. The number of benzene rings is 2. The second-order valence-electron chi connectivity index (χ2n) is 7.92. The lowest BCUT2D eigenvalue weighted by Crippen LogP contribution is -2.41. The van der Waals surface area contributed by atoms with Gasteiger partial charge in [-0.25, -0.2) is 0 Å². The van der Waals surface area contributed by atoms with E-state index in [4.69, 9.17) is 9.47 Å². The van der Waals surface area contributed by atoms with Gasteiger partial charge in [0.1, 0.15) is 11.9 Å². The number of hydrogen-bond acceptors (Lipinski definition) is 3. The molecule has 0 saturated carbocycles. The molecule has 1 saturated heterocycles. The molecular weight excluding hydrogens is 362 g/mol. The maximum Gasteiger partial charge on any atom is 0.222 e. The third-order valence-corrected chi connectivity index (χ3v) is 5.49. The standard InChI is InChI=1S/C25H33NO3/c1-20-10-11-21(2)24(19-20)29-23-12-15-26(16-13-23)25(27)9-6-17-28-18-14-22-7-4-3-5-8-22/h3-5,7-8,10-11,19,23H,6,9,12-18H2,1-2H3. The molecule has 0 aromatic heterocycles. The van der Waals surface area contributed by atoms with Crippen LogP contribution in [0.2, 0.25) is 0 Å². The van der Waals surface area contributed by atoms with E-state index in [0.29, 0.717) is 19.6 Å². The molecule has 2 aromatic rings. The van der Waals surface area contributed by atoms with Crippen LogP contribution in [0.1, 0.15) is 42.4 Å². The topological polar surface area (TPSA) is 38.8 Å². The van der Waals surface area contributed by atoms with Crippen molar-refractivity contribution in [2.24, 2.45) is 0 Å². The first kappa shape index (κ1) is 21.4. The lowest BCUT2D eigenvalue weighted by atomic mass is 10.1. The van der Waals surface area contributed by atoms with Gasteiger partial charge in [0.15, 0.2) is 0 Å². The number of aryl methyl sites for hydroxylation is 2. The van der Waals surface area contributed by atoms with E-state index in [2.05, 4.69) is 44.2 Å². The predicted molar refractivity (Wildman–Crippen MR) is 116 cm³/mol. The first-order valence-electron chi connectivity index (χ1n) is 10.7. The Balaban J connectivity index is 1.29. The Morgan fingerprint density at radius 2 is 1.79 bits per heavy atom. The molecule has 0 spiro atoms. The number of carbonyl (C=O) groups excluding carboxylic acids is 1. The van der Waals surface area contributed by atoms with E-state index >= 15 is 0 Å². The quantitative estimate of drug-likeness (QED) is 0.577. The van der Waals surface area contributed by atoms with E-state index in [1.807, 2.05) is 23.1 Å². The molecule has 0 bridgehead atoms. The Kier molecular flexibility index (Phi) is 8.12. The maximum absolute atomic E-state index is 12.4. The number of likely N-dealkylation sites (tertiary alicyclic amines) is 1. The Hall–Kier alpha value is -2.33. The average Bonchev–Trinajstić information content (AvgIpc) is 2.74.